The second-order valence-electron chi connectivity index (χ2n) is 6.37. The van der Waals surface area contributed by atoms with Crippen molar-refractivity contribution in [2.24, 2.45) is 5.41 Å². The maximum atomic E-state index is 9.72. The number of aryl methyl sites for hydroxylation is 1. The first-order valence-corrected chi connectivity index (χ1v) is 7.83. The van der Waals surface area contributed by atoms with Crippen molar-refractivity contribution in [3.05, 3.63) is 29.7 Å². The van der Waals surface area contributed by atoms with Gasteiger partial charge in [-0.2, -0.15) is 5.10 Å². The molecule has 1 aliphatic rings. The highest BCUT2D eigenvalue weighted by molar-refractivity contribution is 5.38. The minimum absolute atomic E-state index is 0.0814. The van der Waals surface area contributed by atoms with Gasteiger partial charge in [0.1, 0.15) is 0 Å². The minimum Gasteiger partial charge on any atom is -0.396 e. The predicted octanol–water partition coefficient (Wildman–Crippen LogP) is 2.07. The fourth-order valence-corrected chi connectivity index (χ4v) is 3.29. The molecule has 3 rings (SSSR count). The Bertz CT molecular complexity index is 601. The van der Waals surface area contributed by atoms with Gasteiger partial charge in [-0.1, -0.05) is 19.3 Å². The van der Waals surface area contributed by atoms with Crippen LogP contribution in [0.2, 0.25) is 0 Å². The van der Waals surface area contributed by atoms with E-state index < -0.39 is 0 Å². The van der Waals surface area contributed by atoms with Crippen molar-refractivity contribution in [3.63, 3.8) is 0 Å². The van der Waals surface area contributed by atoms with Gasteiger partial charge in [0.25, 0.3) is 0 Å². The van der Waals surface area contributed by atoms with Crippen LogP contribution in [0.1, 0.15) is 43.4 Å². The molecule has 5 nitrogen and oxygen atoms in total. The molecule has 0 saturated heterocycles. The van der Waals surface area contributed by atoms with Gasteiger partial charge < -0.3 is 10.4 Å². The molecule has 0 atom stereocenters. The Morgan fingerprint density at radius 1 is 1.33 bits per heavy atom. The summed E-state index contributed by atoms with van der Waals surface area (Å²) < 4.78 is 1.83. The van der Waals surface area contributed by atoms with Crippen molar-refractivity contribution >= 4 is 5.65 Å². The SMILES string of the molecule is Cc1cc2ncc(CNCC3(CO)CCCCC3)cn2n1. The average Bonchev–Trinajstić information content (AvgIpc) is 2.87. The Hall–Kier alpha value is -1.46. The van der Waals surface area contributed by atoms with Gasteiger partial charge in [0, 0.05) is 49.1 Å². The molecule has 0 unspecified atom stereocenters. The number of hydrogen-bond acceptors (Lipinski definition) is 4. The summed E-state index contributed by atoms with van der Waals surface area (Å²) in [4.78, 5) is 4.42. The molecule has 21 heavy (non-hydrogen) atoms. The predicted molar refractivity (Wildman–Crippen MR) is 82.0 cm³/mol. The molecular formula is C16H24N4O. The average molecular weight is 288 g/mol. The first-order chi connectivity index (χ1) is 10.2. The van der Waals surface area contributed by atoms with Crippen LogP contribution in [0, 0.1) is 12.3 Å². The number of aliphatic hydroxyl groups excluding tert-OH is 1. The van der Waals surface area contributed by atoms with Crippen LogP contribution in [0.25, 0.3) is 5.65 Å². The van der Waals surface area contributed by atoms with E-state index in [0.29, 0.717) is 0 Å². The zero-order chi connectivity index (χ0) is 14.7. The number of fused-ring (bicyclic) bond motifs is 1. The van der Waals surface area contributed by atoms with Crippen LogP contribution < -0.4 is 5.32 Å². The Kier molecular flexibility index (Phi) is 4.22. The Morgan fingerprint density at radius 3 is 2.90 bits per heavy atom. The summed E-state index contributed by atoms with van der Waals surface area (Å²) in [6, 6.07) is 1.97. The van der Waals surface area contributed by atoms with E-state index in [9.17, 15) is 5.11 Å². The van der Waals surface area contributed by atoms with Crippen molar-refractivity contribution < 1.29 is 5.11 Å². The summed E-state index contributed by atoms with van der Waals surface area (Å²) >= 11 is 0. The van der Waals surface area contributed by atoms with Gasteiger partial charge in [0.2, 0.25) is 0 Å². The summed E-state index contributed by atoms with van der Waals surface area (Å²) in [5.74, 6) is 0. The van der Waals surface area contributed by atoms with E-state index in [1.165, 1.54) is 19.3 Å². The summed E-state index contributed by atoms with van der Waals surface area (Å²) in [5.41, 5.74) is 3.07. The van der Waals surface area contributed by atoms with Gasteiger partial charge >= 0.3 is 0 Å². The molecule has 2 aromatic rings. The highest BCUT2D eigenvalue weighted by Gasteiger charge is 2.30. The highest BCUT2D eigenvalue weighted by Crippen LogP contribution is 2.35. The monoisotopic (exact) mass is 288 g/mol. The highest BCUT2D eigenvalue weighted by atomic mass is 16.3. The third kappa shape index (κ3) is 3.24. The van der Waals surface area contributed by atoms with Crippen LogP contribution in [-0.4, -0.2) is 32.9 Å². The largest absolute Gasteiger partial charge is 0.396 e. The van der Waals surface area contributed by atoms with Gasteiger partial charge in [-0.05, 0) is 19.8 Å². The molecule has 2 heterocycles. The summed E-state index contributed by atoms with van der Waals surface area (Å²) in [5, 5.41) is 17.6. The molecule has 0 aromatic carbocycles. The molecule has 1 saturated carbocycles. The van der Waals surface area contributed by atoms with E-state index in [1.54, 1.807) is 0 Å². The number of nitrogens with one attached hydrogen (secondary N) is 1. The standard InChI is InChI=1S/C16H24N4O/c1-13-7-15-18-9-14(10-20(15)19-13)8-17-11-16(12-21)5-3-2-4-6-16/h7,9-10,17,21H,2-6,8,11-12H2,1H3. The lowest BCUT2D eigenvalue weighted by atomic mass is 9.74. The van der Waals surface area contributed by atoms with E-state index in [1.807, 2.05) is 29.9 Å². The topological polar surface area (TPSA) is 62.5 Å². The molecule has 0 amide bonds. The molecular weight excluding hydrogens is 264 g/mol. The number of hydrogen-bond donors (Lipinski definition) is 2. The first-order valence-electron chi connectivity index (χ1n) is 7.83. The fourth-order valence-electron chi connectivity index (χ4n) is 3.29. The normalized spacial score (nSPS) is 18.2. The van der Waals surface area contributed by atoms with Crippen LogP contribution in [0.15, 0.2) is 18.5 Å². The maximum absolute atomic E-state index is 9.72. The fraction of sp³-hybridized carbons (Fsp3) is 0.625. The Morgan fingerprint density at radius 2 is 2.14 bits per heavy atom. The lowest BCUT2D eigenvalue weighted by molar-refractivity contribution is 0.0810. The number of nitrogens with zero attached hydrogens (tertiary/aromatic N) is 3. The molecule has 2 aromatic heterocycles. The smallest absolute Gasteiger partial charge is 0.155 e. The quantitative estimate of drug-likeness (QED) is 0.884. The molecule has 0 bridgehead atoms. The van der Waals surface area contributed by atoms with E-state index >= 15 is 0 Å². The van der Waals surface area contributed by atoms with Crippen molar-refractivity contribution in [1.82, 2.24) is 19.9 Å². The zero-order valence-corrected chi connectivity index (χ0v) is 12.7. The third-order valence-corrected chi connectivity index (χ3v) is 4.57. The molecule has 114 valence electrons. The van der Waals surface area contributed by atoms with E-state index in [2.05, 4.69) is 15.4 Å². The van der Waals surface area contributed by atoms with Crippen LogP contribution >= 0.6 is 0 Å². The summed E-state index contributed by atoms with van der Waals surface area (Å²) in [6.45, 7) is 3.90. The van der Waals surface area contributed by atoms with Gasteiger partial charge in [0.05, 0.1) is 5.69 Å². The van der Waals surface area contributed by atoms with Gasteiger partial charge in [-0.25, -0.2) is 9.50 Å². The Balaban J connectivity index is 1.60. The van der Waals surface area contributed by atoms with E-state index in [4.69, 9.17) is 0 Å². The van der Waals surface area contributed by atoms with Crippen LogP contribution in [0.3, 0.4) is 0 Å². The lowest BCUT2D eigenvalue weighted by Crippen LogP contribution is -2.38. The molecule has 1 fully saturated rings. The van der Waals surface area contributed by atoms with Crippen molar-refractivity contribution in [2.75, 3.05) is 13.2 Å². The van der Waals surface area contributed by atoms with Gasteiger partial charge in [-0.3, -0.25) is 0 Å². The zero-order valence-electron chi connectivity index (χ0n) is 12.7. The van der Waals surface area contributed by atoms with Gasteiger partial charge in [0.15, 0.2) is 5.65 Å². The molecule has 0 radical (unpaired) electrons. The number of rotatable bonds is 5. The molecule has 0 aliphatic heterocycles. The van der Waals surface area contributed by atoms with Gasteiger partial charge in [-0.15, -0.1) is 0 Å². The summed E-state index contributed by atoms with van der Waals surface area (Å²) in [6.07, 6.45) is 9.97. The molecule has 5 heteroatoms. The Labute approximate surface area is 125 Å². The molecule has 1 aliphatic carbocycles. The molecule has 2 N–H and O–H groups in total. The second kappa shape index (κ2) is 6.12. The van der Waals surface area contributed by atoms with Crippen LogP contribution in [0.5, 0.6) is 0 Å². The number of aromatic nitrogens is 3. The lowest BCUT2D eigenvalue weighted by Gasteiger charge is -2.35. The summed E-state index contributed by atoms with van der Waals surface area (Å²) in [7, 11) is 0. The van der Waals surface area contributed by atoms with E-state index in [-0.39, 0.29) is 12.0 Å². The van der Waals surface area contributed by atoms with Crippen molar-refractivity contribution in [3.8, 4) is 0 Å². The second-order valence-corrected chi connectivity index (χ2v) is 6.37. The van der Waals surface area contributed by atoms with Crippen LogP contribution in [0.4, 0.5) is 0 Å². The van der Waals surface area contributed by atoms with E-state index in [0.717, 1.165) is 42.8 Å². The van der Waals surface area contributed by atoms with Crippen molar-refractivity contribution in [2.45, 2.75) is 45.6 Å². The molecule has 0 spiro atoms. The number of aliphatic hydroxyl groups is 1. The minimum atomic E-state index is 0.0814. The first kappa shape index (κ1) is 14.5. The maximum Gasteiger partial charge on any atom is 0.155 e. The van der Waals surface area contributed by atoms with Crippen molar-refractivity contribution in [1.29, 1.82) is 0 Å². The third-order valence-electron chi connectivity index (χ3n) is 4.57. The van der Waals surface area contributed by atoms with Crippen LogP contribution in [-0.2, 0) is 6.54 Å².